The summed E-state index contributed by atoms with van der Waals surface area (Å²) in [6, 6.07) is 0. The molecule has 7 heteroatoms. The minimum atomic E-state index is 0.469. The van der Waals surface area contributed by atoms with Gasteiger partial charge in [0.1, 0.15) is 0 Å². The number of aromatic amines is 1. The van der Waals surface area contributed by atoms with Gasteiger partial charge in [0, 0.05) is 18.2 Å². The lowest BCUT2D eigenvalue weighted by molar-refractivity contribution is -0.432. The number of H-pyrrole nitrogens is 1. The van der Waals surface area contributed by atoms with Crippen molar-refractivity contribution in [1.82, 2.24) is 15.4 Å². The molecule has 0 atom stereocenters. The summed E-state index contributed by atoms with van der Waals surface area (Å²) in [5.41, 5.74) is 0.724. The van der Waals surface area contributed by atoms with Crippen molar-refractivity contribution < 1.29 is 14.6 Å². The molecule has 0 bridgehead atoms. The van der Waals surface area contributed by atoms with E-state index in [2.05, 4.69) is 24.8 Å². The summed E-state index contributed by atoms with van der Waals surface area (Å²) in [5, 5.41) is 20.7. The first-order valence-electron chi connectivity index (χ1n) is 2.38. The summed E-state index contributed by atoms with van der Waals surface area (Å²) in [6.45, 7) is 0. The Balaban J connectivity index is 2.15. The molecule has 0 saturated carbocycles. The third-order valence-electron chi connectivity index (χ3n) is 0.753. The molecule has 0 unspecified atom stereocenters. The zero-order valence-corrected chi connectivity index (χ0v) is 5.67. The molecule has 0 aliphatic heterocycles. The van der Waals surface area contributed by atoms with Crippen LogP contribution in [-0.4, -0.2) is 20.7 Å². The number of aromatic nitrogens is 3. The normalized spacial score (nSPS) is 10.1. The highest BCUT2D eigenvalue weighted by Crippen LogP contribution is 2.08. The van der Waals surface area contributed by atoms with Gasteiger partial charge in [-0.3, -0.25) is 5.10 Å². The van der Waals surface area contributed by atoms with E-state index >= 15 is 0 Å². The van der Waals surface area contributed by atoms with Crippen molar-refractivity contribution in [2.75, 3.05) is 0 Å². The lowest BCUT2D eigenvalue weighted by Crippen LogP contribution is -1.82. The smallest absolute Gasteiger partial charge is 0.0947 e. The summed E-state index contributed by atoms with van der Waals surface area (Å²) in [4.78, 5) is 0. The van der Waals surface area contributed by atoms with Crippen molar-refractivity contribution in [2.24, 2.45) is 0 Å². The highest BCUT2D eigenvalue weighted by atomic mass is 32.2. The predicted molar refractivity (Wildman–Crippen MR) is 32.5 cm³/mol. The molecule has 0 aliphatic carbocycles. The lowest BCUT2D eigenvalue weighted by atomic mass is 10.6. The molecule has 6 nitrogen and oxygen atoms in total. The quantitative estimate of drug-likeness (QED) is 0.289. The van der Waals surface area contributed by atoms with Crippen LogP contribution in [0.3, 0.4) is 0 Å². The van der Waals surface area contributed by atoms with Crippen LogP contribution in [-0.2, 0) is 15.1 Å². The van der Waals surface area contributed by atoms with Crippen molar-refractivity contribution in [2.45, 2.75) is 5.75 Å². The van der Waals surface area contributed by atoms with Crippen LogP contribution in [0.2, 0.25) is 0 Å². The predicted octanol–water partition coefficient (Wildman–Crippen LogP) is 0.374. The van der Waals surface area contributed by atoms with Crippen LogP contribution >= 0.6 is 12.0 Å². The maximum absolute atomic E-state index is 7.71. The van der Waals surface area contributed by atoms with Crippen LogP contribution in [0.15, 0.2) is 6.20 Å². The van der Waals surface area contributed by atoms with E-state index in [1.807, 2.05) is 0 Å². The Hall–Kier alpha value is -0.630. The Morgan fingerprint density at radius 2 is 2.70 bits per heavy atom. The summed E-state index contributed by atoms with van der Waals surface area (Å²) < 4.78 is 4.10. The number of nitrogens with zero attached hydrogens (tertiary/aromatic N) is 2. The Bertz CT molecular complexity index is 168. The van der Waals surface area contributed by atoms with Gasteiger partial charge >= 0.3 is 0 Å². The number of hydrogen-bond donors (Lipinski definition) is 2. The summed E-state index contributed by atoms with van der Waals surface area (Å²) >= 11 is 0.916. The maximum atomic E-state index is 7.71. The van der Waals surface area contributed by atoms with Gasteiger partial charge in [-0.1, -0.05) is 10.3 Å². The second-order valence-electron chi connectivity index (χ2n) is 1.37. The molecule has 1 rings (SSSR count). The van der Waals surface area contributed by atoms with Crippen LogP contribution in [0.4, 0.5) is 0 Å². The van der Waals surface area contributed by atoms with Crippen LogP contribution in [0, 0.1) is 0 Å². The van der Waals surface area contributed by atoms with Gasteiger partial charge < -0.3 is 0 Å². The molecule has 0 fully saturated rings. The molecule has 2 N–H and O–H groups in total. The summed E-state index contributed by atoms with van der Waals surface area (Å²) in [6.07, 6.45) is 1.62. The van der Waals surface area contributed by atoms with E-state index in [1.54, 1.807) is 6.20 Å². The second-order valence-corrected chi connectivity index (χ2v) is 2.03. The fourth-order valence-electron chi connectivity index (χ4n) is 0.402. The van der Waals surface area contributed by atoms with E-state index in [1.165, 1.54) is 0 Å². The minimum absolute atomic E-state index is 0.469. The highest BCUT2D eigenvalue weighted by molar-refractivity contribution is 7.93. The molecule has 56 valence electrons. The Labute approximate surface area is 60.6 Å². The molecule has 0 aliphatic rings. The van der Waals surface area contributed by atoms with Crippen LogP contribution < -0.4 is 0 Å². The van der Waals surface area contributed by atoms with Gasteiger partial charge in [-0.2, -0.15) is 0 Å². The largest absolute Gasteiger partial charge is 0.265 e. The molecule has 0 radical (unpaired) electrons. The topological polar surface area (TPSA) is 80.3 Å². The number of nitrogens with one attached hydrogen (secondary N) is 1. The SMILES string of the molecule is OOOSCc1c[nH]nn1. The molecule has 0 spiro atoms. The molecule has 1 heterocycles. The lowest BCUT2D eigenvalue weighted by Gasteiger charge is -1.90. The van der Waals surface area contributed by atoms with Gasteiger partial charge in [-0.05, 0) is 0 Å². The van der Waals surface area contributed by atoms with E-state index in [-0.39, 0.29) is 0 Å². The molecule has 10 heavy (non-hydrogen) atoms. The zero-order chi connectivity index (χ0) is 7.23. The van der Waals surface area contributed by atoms with Gasteiger partial charge in [0.05, 0.1) is 11.4 Å². The number of rotatable bonds is 4. The molecular weight excluding hydrogens is 158 g/mol. The van der Waals surface area contributed by atoms with E-state index in [4.69, 9.17) is 5.26 Å². The van der Waals surface area contributed by atoms with Crippen molar-refractivity contribution in [1.29, 1.82) is 0 Å². The van der Waals surface area contributed by atoms with Gasteiger partial charge in [0.25, 0.3) is 0 Å². The first-order chi connectivity index (χ1) is 4.93. The highest BCUT2D eigenvalue weighted by Gasteiger charge is 1.95. The first-order valence-corrected chi connectivity index (χ1v) is 3.29. The molecule has 1 aromatic rings. The molecular formula is C3H5N3O3S. The first kappa shape index (κ1) is 7.48. The third kappa shape index (κ3) is 2.31. The van der Waals surface area contributed by atoms with Crippen LogP contribution in [0.1, 0.15) is 5.69 Å². The van der Waals surface area contributed by atoms with E-state index < -0.39 is 0 Å². The van der Waals surface area contributed by atoms with Crippen LogP contribution in [0.25, 0.3) is 0 Å². The summed E-state index contributed by atoms with van der Waals surface area (Å²) in [5.74, 6) is 0.469. The fraction of sp³-hybridized carbons (Fsp3) is 0.333. The molecule has 0 aromatic carbocycles. The van der Waals surface area contributed by atoms with Crippen LogP contribution in [0.5, 0.6) is 0 Å². The van der Waals surface area contributed by atoms with E-state index in [9.17, 15) is 0 Å². The van der Waals surface area contributed by atoms with Crippen molar-refractivity contribution in [3.63, 3.8) is 0 Å². The van der Waals surface area contributed by atoms with Gasteiger partial charge in [-0.15, -0.1) is 9.43 Å². The zero-order valence-electron chi connectivity index (χ0n) is 4.85. The second kappa shape index (κ2) is 4.23. The average molecular weight is 163 g/mol. The summed E-state index contributed by atoms with van der Waals surface area (Å²) in [7, 11) is 0. The van der Waals surface area contributed by atoms with Crippen molar-refractivity contribution >= 4 is 12.0 Å². The number of hydrogen-bond acceptors (Lipinski definition) is 6. The van der Waals surface area contributed by atoms with Crippen molar-refractivity contribution in [3.8, 4) is 0 Å². The molecule has 0 saturated heterocycles. The van der Waals surface area contributed by atoms with Gasteiger partial charge in [0.15, 0.2) is 0 Å². The van der Waals surface area contributed by atoms with E-state index in [0.29, 0.717) is 5.75 Å². The van der Waals surface area contributed by atoms with Gasteiger partial charge in [-0.25, -0.2) is 5.26 Å². The van der Waals surface area contributed by atoms with Crippen molar-refractivity contribution in [3.05, 3.63) is 11.9 Å². The third-order valence-corrected chi connectivity index (χ3v) is 1.32. The minimum Gasteiger partial charge on any atom is -0.265 e. The molecule has 1 aromatic heterocycles. The monoisotopic (exact) mass is 163 g/mol. The fourth-order valence-corrected chi connectivity index (χ4v) is 0.755. The molecule has 0 amide bonds. The standard InChI is InChI=1S/C3H5N3O3S/c7-8-9-10-2-3-1-4-6-5-3/h1,7H,2H2,(H,4,5,6). The van der Waals surface area contributed by atoms with Gasteiger partial charge in [0.2, 0.25) is 0 Å². The Morgan fingerprint density at radius 1 is 1.80 bits per heavy atom. The van der Waals surface area contributed by atoms with E-state index in [0.717, 1.165) is 17.7 Å². The Kier molecular flexibility index (Phi) is 3.16. The maximum Gasteiger partial charge on any atom is 0.0947 e. The Morgan fingerprint density at radius 3 is 3.30 bits per heavy atom. The average Bonchev–Trinajstić information content (AvgIpc) is 2.41.